The van der Waals surface area contributed by atoms with Gasteiger partial charge in [-0.2, -0.15) is 0 Å². The zero-order valence-corrected chi connectivity index (χ0v) is 36.1. The van der Waals surface area contributed by atoms with Gasteiger partial charge in [0.25, 0.3) is 0 Å². The minimum Gasteiger partial charge on any atom is -0.457 e. The molecule has 0 spiro atoms. The summed E-state index contributed by atoms with van der Waals surface area (Å²) in [7, 11) is 0. The smallest absolute Gasteiger partial charge is 0.306 e. The number of ether oxygens (including phenoxy) is 4. The summed E-state index contributed by atoms with van der Waals surface area (Å²) in [4.78, 5) is 12.8. The lowest BCUT2D eigenvalue weighted by Gasteiger charge is -2.39. The molecule has 0 amide bonds. The van der Waals surface area contributed by atoms with Crippen LogP contribution in [-0.4, -0.2) is 89.6 Å². The lowest BCUT2D eigenvalue weighted by atomic mass is 9.99. The fourth-order valence-corrected chi connectivity index (χ4v) is 6.59. The van der Waals surface area contributed by atoms with Crippen molar-refractivity contribution < 1.29 is 44.2 Å². The number of aliphatic hydroxyl groups is 4. The Morgan fingerprint density at radius 3 is 1.61 bits per heavy atom. The molecular formula is C48H84O9. The summed E-state index contributed by atoms with van der Waals surface area (Å²) in [6.45, 7) is 4.39. The molecule has 1 rings (SSSR count). The molecule has 4 N–H and O–H groups in total. The summed E-state index contributed by atoms with van der Waals surface area (Å²) < 4.78 is 22.8. The van der Waals surface area contributed by atoms with Gasteiger partial charge in [-0.3, -0.25) is 4.79 Å². The van der Waals surface area contributed by atoms with Crippen LogP contribution >= 0.6 is 0 Å². The van der Waals surface area contributed by atoms with Gasteiger partial charge in [-0.25, -0.2) is 0 Å². The van der Waals surface area contributed by atoms with E-state index in [2.05, 4.69) is 74.6 Å². The molecule has 57 heavy (non-hydrogen) atoms. The Kier molecular flexibility index (Phi) is 36.5. The van der Waals surface area contributed by atoms with Crippen LogP contribution in [-0.2, 0) is 23.7 Å². The first-order valence-electron chi connectivity index (χ1n) is 22.9. The third kappa shape index (κ3) is 30.6. The molecule has 0 bridgehead atoms. The number of rotatable bonds is 38. The van der Waals surface area contributed by atoms with Crippen molar-refractivity contribution >= 4 is 5.97 Å². The van der Waals surface area contributed by atoms with Crippen molar-refractivity contribution in [2.45, 2.75) is 211 Å². The molecule has 0 radical (unpaired) electrons. The highest BCUT2D eigenvalue weighted by Gasteiger charge is 2.44. The predicted octanol–water partition coefficient (Wildman–Crippen LogP) is 10.3. The molecule has 9 nitrogen and oxygen atoms in total. The number of carbonyl (C=O) groups excluding carboxylic acids is 1. The van der Waals surface area contributed by atoms with Crippen LogP contribution in [0.1, 0.15) is 174 Å². The van der Waals surface area contributed by atoms with Crippen molar-refractivity contribution in [2.75, 3.05) is 26.4 Å². The van der Waals surface area contributed by atoms with Gasteiger partial charge >= 0.3 is 5.97 Å². The van der Waals surface area contributed by atoms with E-state index in [4.69, 9.17) is 18.9 Å². The van der Waals surface area contributed by atoms with E-state index in [-0.39, 0.29) is 19.2 Å². The van der Waals surface area contributed by atoms with Gasteiger partial charge in [0.05, 0.1) is 19.8 Å². The number of hydrogen-bond donors (Lipinski definition) is 4. The van der Waals surface area contributed by atoms with E-state index in [1.807, 2.05) is 0 Å². The van der Waals surface area contributed by atoms with Crippen molar-refractivity contribution in [1.82, 2.24) is 0 Å². The first-order valence-corrected chi connectivity index (χ1v) is 22.9. The fraction of sp³-hybridized carbons (Fsp3) is 0.771. The van der Waals surface area contributed by atoms with Crippen LogP contribution in [0, 0.1) is 0 Å². The molecule has 6 atom stereocenters. The molecule has 0 aromatic rings. The molecule has 9 heteroatoms. The summed E-state index contributed by atoms with van der Waals surface area (Å²) >= 11 is 0. The minimum absolute atomic E-state index is 0.125. The Morgan fingerprint density at radius 2 is 1.07 bits per heavy atom. The Balaban J connectivity index is 2.28. The molecule has 1 fully saturated rings. The van der Waals surface area contributed by atoms with Gasteiger partial charge < -0.3 is 39.4 Å². The Labute approximate surface area is 347 Å². The first-order chi connectivity index (χ1) is 27.9. The average molecular weight is 805 g/mol. The molecule has 0 saturated carbocycles. The zero-order chi connectivity index (χ0) is 41.4. The van der Waals surface area contributed by atoms with Crippen LogP contribution in [0.3, 0.4) is 0 Å². The van der Waals surface area contributed by atoms with Gasteiger partial charge in [0, 0.05) is 13.0 Å². The quantitative estimate of drug-likeness (QED) is 0.0273. The van der Waals surface area contributed by atoms with E-state index in [9.17, 15) is 25.2 Å². The van der Waals surface area contributed by atoms with Crippen molar-refractivity contribution in [3.05, 3.63) is 60.8 Å². The predicted molar refractivity (Wildman–Crippen MR) is 233 cm³/mol. The van der Waals surface area contributed by atoms with Gasteiger partial charge in [-0.1, -0.05) is 152 Å². The van der Waals surface area contributed by atoms with Crippen LogP contribution < -0.4 is 0 Å². The number of esters is 1. The van der Waals surface area contributed by atoms with Crippen LogP contribution in [0.4, 0.5) is 0 Å². The Bertz CT molecular complexity index is 1050. The molecule has 1 aliphatic rings. The summed E-state index contributed by atoms with van der Waals surface area (Å²) in [6.07, 6.45) is 42.4. The number of allylic oxidation sites excluding steroid dienone is 10. The molecule has 330 valence electrons. The highest BCUT2D eigenvalue weighted by atomic mass is 16.7. The van der Waals surface area contributed by atoms with E-state index < -0.39 is 43.4 Å². The number of carbonyl (C=O) groups is 1. The number of unbranched alkanes of at least 4 members (excludes halogenated alkanes) is 17. The Morgan fingerprint density at radius 1 is 0.579 bits per heavy atom. The SMILES string of the molecule is CC/C=C\C/C=C\C/C=C\CCCCCCCCCCOCC(COC1OC(CO)C(O)C(O)C1O)OC(=O)CCCCCCC/C=C\C/C=C\CCCCCC. The second-order valence-electron chi connectivity index (χ2n) is 15.5. The number of aliphatic hydroxyl groups excluding tert-OH is 4. The van der Waals surface area contributed by atoms with Crippen LogP contribution in [0.15, 0.2) is 60.8 Å². The zero-order valence-electron chi connectivity index (χ0n) is 36.1. The van der Waals surface area contributed by atoms with Gasteiger partial charge in [-0.05, 0) is 77.0 Å². The second-order valence-corrected chi connectivity index (χ2v) is 15.5. The van der Waals surface area contributed by atoms with Crippen molar-refractivity contribution in [3.8, 4) is 0 Å². The molecule has 1 heterocycles. The van der Waals surface area contributed by atoms with Gasteiger partial charge in [-0.15, -0.1) is 0 Å². The topological polar surface area (TPSA) is 135 Å². The summed E-state index contributed by atoms with van der Waals surface area (Å²) in [5.74, 6) is -0.332. The molecule has 1 saturated heterocycles. The van der Waals surface area contributed by atoms with Crippen LogP contribution in [0.25, 0.3) is 0 Å². The largest absolute Gasteiger partial charge is 0.457 e. The lowest BCUT2D eigenvalue weighted by Crippen LogP contribution is -2.59. The maximum atomic E-state index is 12.8. The van der Waals surface area contributed by atoms with E-state index >= 15 is 0 Å². The standard InChI is InChI=1S/C48H84O9/c1-3-5-7-9-11-13-15-17-19-21-22-24-26-28-30-32-34-36-38-54-40-42(41-55-48-47(53)46(52)45(51)43(39-49)57-48)56-44(50)37-35-33-31-29-27-25-23-20-18-16-14-12-10-8-6-4-2/h5,7,11,13-14,16-17,19-20,23,42-43,45-49,51-53H,3-4,6,8-10,12,15,18,21-22,24-41H2,1-2H3/b7-5-,13-11-,16-14-,19-17-,23-20-. The third-order valence-electron chi connectivity index (χ3n) is 10.2. The van der Waals surface area contributed by atoms with Crippen LogP contribution in [0.2, 0.25) is 0 Å². The summed E-state index contributed by atoms with van der Waals surface area (Å²) in [5, 5.41) is 40.1. The van der Waals surface area contributed by atoms with Gasteiger partial charge in [0.15, 0.2) is 6.29 Å². The van der Waals surface area contributed by atoms with E-state index in [0.717, 1.165) is 89.9 Å². The minimum atomic E-state index is -1.54. The average Bonchev–Trinajstić information content (AvgIpc) is 3.21. The maximum Gasteiger partial charge on any atom is 0.306 e. The molecule has 0 aliphatic carbocycles. The monoisotopic (exact) mass is 805 g/mol. The van der Waals surface area contributed by atoms with Gasteiger partial charge in [0.1, 0.15) is 30.5 Å². The summed E-state index contributed by atoms with van der Waals surface area (Å²) in [6, 6.07) is 0. The lowest BCUT2D eigenvalue weighted by molar-refractivity contribution is -0.305. The van der Waals surface area contributed by atoms with Crippen LogP contribution in [0.5, 0.6) is 0 Å². The summed E-state index contributed by atoms with van der Waals surface area (Å²) in [5.41, 5.74) is 0. The van der Waals surface area contributed by atoms with Gasteiger partial charge in [0.2, 0.25) is 0 Å². The van der Waals surface area contributed by atoms with Crippen molar-refractivity contribution in [1.29, 1.82) is 0 Å². The molecule has 0 aromatic heterocycles. The number of hydrogen-bond acceptors (Lipinski definition) is 9. The normalized spacial score (nSPS) is 21.0. The van der Waals surface area contributed by atoms with Crippen molar-refractivity contribution in [3.63, 3.8) is 0 Å². The molecule has 6 unspecified atom stereocenters. The highest BCUT2D eigenvalue weighted by molar-refractivity contribution is 5.69. The molecule has 1 aliphatic heterocycles. The van der Waals surface area contributed by atoms with E-state index in [1.54, 1.807) is 0 Å². The van der Waals surface area contributed by atoms with E-state index in [1.165, 1.54) is 64.2 Å². The highest BCUT2D eigenvalue weighted by Crippen LogP contribution is 2.22. The Hall–Kier alpha value is -2.11. The van der Waals surface area contributed by atoms with Crippen molar-refractivity contribution in [2.24, 2.45) is 0 Å². The third-order valence-corrected chi connectivity index (χ3v) is 10.2. The van der Waals surface area contributed by atoms with E-state index in [0.29, 0.717) is 13.0 Å². The molecule has 0 aromatic carbocycles. The second kappa shape index (κ2) is 39.4. The fourth-order valence-electron chi connectivity index (χ4n) is 6.59. The molecular weight excluding hydrogens is 721 g/mol. The maximum absolute atomic E-state index is 12.8. The first kappa shape index (κ1) is 52.9.